The van der Waals surface area contributed by atoms with E-state index >= 15 is 0 Å². The van der Waals surface area contributed by atoms with Gasteiger partial charge in [-0.25, -0.2) is 0 Å². The third-order valence-electron chi connectivity index (χ3n) is 12.6. The molecular formula is C62H41N3OS. The van der Waals surface area contributed by atoms with E-state index in [0.29, 0.717) is 11.4 Å². The molecule has 13 aromatic rings. The Morgan fingerprint density at radius 2 is 0.925 bits per heavy atom. The van der Waals surface area contributed by atoms with Crippen molar-refractivity contribution < 1.29 is 11.3 Å². The molecule has 2 heterocycles. The van der Waals surface area contributed by atoms with Crippen LogP contribution in [0.5, 0.6) is 0 Å². The molecule has 0 spiro atoms. The Bertz CT molecular complexity index is 4250. The zero-order chi connectivity index (χ0) is 48.6. The number of anilines is 9. The van der Waals surface area contributed by atoms with Crippen molar-refractivity contribution in [2.45, 2.75) is 0 Å². The van der Waals surface area contributed by atoms with Crippen LogP contribution in [0.15, 0.2) is 253 Å². The van der Waals surface area contributed by atoms with Crippen LogP contribution in [0.25, 0.3) is 63.7 Å². The van der Waals surface area contributed by atoms with Gasteiger partial charge in [-0.2, -0.15) is 0 Å². The Hall–Kier alpha value is -8.64. The van der Waals surface area contributed by atoms with Crippen molar-refractivity contribution >= 4 is 126 Å². The second-order valence-corrected chi connectivity index (χ2v) is 17.7. The lowest BCUT2D eigenvalue weighted by Crippen LogP contribution is -2.13. The van der Waals surface area contributed by atoms with Crippen LogP contribution in [0.1, 0.15) is 6.85 Å². The maximum absolute atomic E-state index is 9.06. The fourth-order valence-electron chi connectivity index (χ4n) is 9.62. The van der Waals surface area contributed by atoms with Crippen molar-refractivity contribution in [2.24, 2.45) is 0 Å². The zero-order valence-corrected chi connectivity index (χ0v) is 36.8. The minimum absolute atomic E-state index is 0.0700. The Morgan fingerprint density at radius 3 is 1.81 bits per heavy atom. The normalized spacial score (nSPS) is 12.6. The molecule has 4 nitrogen and oxygen atoms in total. The standard InChI is InChI=1S/C62H41N3OS/c1-3-20-45(21-4-1)63(46-22-5-2-6-23-46)47-24-14-25-48(39-47)64(57-29-13-19-43-17-9-10-26-52(43)57)51-34-36-54-56-40-50(35-37-60(56)67-61(54)41-51)65(49-33-32-42-16-7-8-18-44(42)38-49)58-30-15-28-55-53-27-11-12-31-59(53)66-62(55)58/h1-41H/i1D,3D,4D,20D,21D. The van der Waals surface area contributed by atoms with Gasteiger partial charge in [0.05, 0.1) is 18.2 Å². The topological polar surface area (TPSA) is 22.9 Å². The average molecular weight is 881 g/mol. The Labute approximate surface area is 399 Å². The molecule has 0 unspecified atom stereocenters. The molecule has 2 aromatic heterocycles. The fraction of sp³-hybridized carbons (Fsp3) is 0. The van der Waals surface area contributed by atoms with Crippen molar-refractivity contribution in [2.75, 3.05) is 14.7 Å². The molecule has 316 valence electrons. The van der Waals surface area contributed by atoms with Gasteiger partial charge >= 0.3 is 0 Å². The highest BCUT2D eigenvalue weighted by atomic mass is 32.1. The first-order valence-electron chi connectivity index (χ1n) is 24.7. The summed E-state index contributed by atoms with van der Waals surface area (Å²) in [5, 5.41) is 8.87. The van der Waals surface area contributed by atoms with Crippen LogP contribution in [0.2, 0.25) is 0 Å². The Kier molecular flexibility index (Phi) is 8.13. The van der Waals surface area contributed by atoms with Gasteiger partial charge in [-0.15, -0.1) is 11.3 Å². The van der Waals surface area contributed by atoms with E-state index in [2.05, 4.69) is 161 Å². The predicted molar refractivity (Wildman–Crippen MR) is 286 cm³/mol. The monoisotopic (exact) mass is 880 g/mol. The van der Waals surface area contributed by atoms with E-state index in [4.69, 9.17) is 11.3 Å². The number of rotatable bonds is 9. The summed E-state index contributed by atoms with van der Waals surface area (Å²) < 4.78 is 52.7. The number of hydrogen-bond acceptors (Lipinski definition) is 5. The molecule has 0 aliphatic carbocycles. The van der Waals surface area contributed by atoms with Gasteiger partial charge < -0.3 is 19.1 Å². The van der Waals surface area contributed by atoms with Gasteiger partial charge in [-0.3, -0.25) is 0 Å². The van der Waals surface area contributed by atoms with Crippen molar-refractivity contribution in [1.82, 2.24) is 0 Å². The maximum Gasteiger partial charge on any atom is 0.159 e. The molecule has 0 N–H and O–H groups in total. The van der Waals surface area contributed by atoms with E-state index in [0.717, 1.165) is 92.4 Å². The quantitative estimate of drug-likeness (QED) is 0.144. The number of para-hydroxylation sites is 4. The molecule has 0 aliphatic rings. The van der Waals surface area contributed by atoms with Gasteiger partial charge in [0.25, 0.3) is 0 Å². The van der Waals surface area contributed by atoms with E-state index in [1.54, 1.807) is 16.2 Å². The van der Waals surface area contributed by atoms with Crippen LogP contribution in [0.4, 0.5) is 51.2 Å². The molecule has 5 heteroatoms. The van der Waals surface area contributed by atoms with Gasteiger partial charge in [-0.05, 0) is 119 Å². The fourth-order valence-corrected chi connectivity index (χ4v) is 10.7. The van der Waals surface area contributed by atoms with E-state index < -0.39 is 18.1 Å². The third-order valence-corrected chi connectivity index (χ3v) is 13.8. The number of nitrogens with zero attached hydrogens (tertiary/aromatic N) is 3. The molecule has 11 aromatic carbocycles. The molecule has 13 rings (SSSR count). The molecule has 0 aliphatic heterocycles. The second kappa shape index (κ2) is 16.1. The summed E-state index contributed by atoms with van der Waals surface area (Å²) in [5.74, 6) is 0. The number of furan rings is 1. The van der Waals surface area contributed by atoms with E-state index in [1.165, 1.54) is 5.39 Å². The highest BCUT2D eigenvalue weighted by molar-refractivity contribution is 7.25. The summed E-state index contributed by atoms with van der Waals surface area (Å²) in [6.07, 6.45) is 0. The highest BCUT2D eigenvalue weighted by Gasteiger charge is 2.23. The van der Waals surface area contributed by atoms with Crippen LogP contribution in [-0.4, -0.2) is 0 Å². The SMILES string of the molecule is [2H]c1c([2H])c([2H])c(N(c2ccccc2)c2cccc(N(c3ccc4c(c3)sc3ccc(N(c5ccc6ccccc6c5)c5cccc6c5oc5ccccc56)cc34)c3cccc4ccccc34)c2)c([2H])c1[2H]. The highest BCUT2D eigenvalue weighted by Crippen LogP contribution is 2.48. The van der Waals surface area contributed by atoms with Crippen LogP contribution >= 0.6 is 11.3 Å². The summed E-state index contributed by atoms with van der Waals surface area (Å²) in [6, 6.07) is 73.3. The predicted octanol–water partition coefficient (Wildman–Crippen LogP) is 18.7. The lowest BCUT2D eigenvalue weighted by atomic mass is 10.0. The first-order chi connectivity index (χ1) is 35.3. The number of benzene rings is 11. The first kappa shape index (κ1) is 33.8. The van der Waals surface area contributed by atoms with Crippen molar-refractivity contribution in [1.29, 1.82) is 0 Å². The Balaban J connectivity index is 0.982. The van der Waals surface area contributed by atoms with Crippen molar-refractivity contribution in [3.05, 3.63) is 249 Å². The molecular weight excluding hydrogens is 835 g/mol. The molecule has 0 saturated carbocycles. The van der Waals surface area contributed by atoms with Crippen molar-refractivity contribution in [3.63, 3.8) is 0 Å². The van der Waals surface area contributed by atoms with Crippen LogP contribution < -0.4 is 14.7 Å². The van der Waals surface area contributed by atoms with Gasteiger partial charge in [0.1, 0.15) is 5.58 Å². The molecule has 0 saturated heterocycles. The number of fused-ring (bicyclic) bond motifs is 8. The minimum atomic E-state index is -0.437. The van der Waals surface area contributed by atoms with Gasteiger partial charge in [-0.1, -0.05) is 146 Å². The second-order valence-electron chi connectivity index (χ2n) is 16.6. The summed E-state index contributed by atoms with van der Waals surface area (Å²) >= 11 is 1.75. The lowest BCUT2D eigenvalue weighted by Gasteiger charge is -2.30. The van der Waals surface area contributed by atoms with E-state index in [1.807, 2.05) is 66.7 Å². The summed E-state index contributed by atoms with van der Waals surface area (Å²) in [7, 11) is 0. The molecule has 0 atom stereocenters. The summed E-state index contributed by atoms with van der Waals surface area (Å²) in [5.41, 5.74) is 8.73. The smallest absolute Gasteiger partial charge is 0.159 e. The average Bonchev–Trinajstić information content (AvgIpc) is 4.00. The van der Waals surface area contributed by atoms with Gasteiger partial charge in [0.2, 0.25) is 0 Å². The molecule has 0 radical (unpaired) electrons. The molecule has 67 heavy (non-hydrogen) atoms. The van der Waals surface area contributed by atoms with Gasteiger partial charge in [0, 0.05) is 76.1 Å². The third kappa shape index (κ3) is 6.75. The molecule has 0 fully saturated rings. The minimum Gasteiger partial charge on any atom is -0.454 e. The number of hydrogen-bond donors (Lipinski definition) is 0. The molecule has 0 amide bonds. The Morgan fingerprint density at radius 1 is 0.328 bits per heavy atom. The van der Waals surface area contributed by atoms with E-state index in [-0.39, 0.29) is 17.8 Å². The van der Waals surface area contributed by atoms with Crippen LogP contribution in [0, 0.1) is 0 Å². The summed E-state index contributed by atoms with van der Waals surface area (Å²) in [4.78, 5) is 6.32. The number of thiophene rings is 1. The maximum atomic E-state index is 9.06. The largest absolute Gasteiger partial charge is 0.454 e. The van der Waals surface area contributed by atoms with Crippen molar-refractivity contribution in [3.8, 4) is 0 Å². The van der Waals surface area contributed by atoms with E-state index in [9.17, 15) is 0 Å². The molecule has 0 bridgehead atoms. The zero-order valence-electron chi connectivity index (χ0n) is 40.9. The van der Waals surface area contributed by atoms with Crippen LogP contribution in [0.3, 0.4) is 0 Å². The summed E-state index contributed by atoms with van der Waals surface area (Å²) in [6.45, 7) is 0. The van der Waals surface area contributed by atoms with Gasteiger partial charge in [0.15, 0.2) is 5.58 Å². The first-order valence-corrected chi connectivity index (χ1v) is 23.1. The lowest BCUT2D eigenvalue weighted by molar-refractivity contribution is 0.669. The van der Waals surface area contributed by atoms with Crippen LogP contribution in [-0.2, 0) is 0 Å².